The number of piperidine rings is 1. The van der Waals surface area contributed by atoms with Gasteiger partial charge in [-0.3, -0.25) is 29.1 Å². The zero-order valence-electron chi connectivity index (χ0n) is 34.2. The number of nitrogens with one attached hydrogen (secondary N) is 2. The predicted octanol–water partition coefficient (Wildman–Crippen LogP) is 6.83. The first kappa shape index (κ1) is 39.4. The van der Waals surface area contributed by atoms with Crippen LogP contribution < -0.4 is 30.7 Å². The third-order valence-corrected chi connectivity index (χ3v) is 13.5. The summed E-state index contributed by atoms with van der Waals surface area (Å²) in [6.07, 6.45) is 7.99. The topological polar surface area (TPSA) is 154 Å². The van der Waals surface area contributed by atoms with Gasteiger partial charge in [-0.1, -0.05) is 13.8 Å². The Morgan fingerprint density at radius 2 is 1.65 bits per heavy atom. The Kier molecular flexibility index (Phi) is 9.77. The molecule has 2 saturated carbocycles. The highest BCUT2D eigenvalue weighted by Crippen LogP contribution is 2.57. The van der Waals surface area contributed by atoms with Crippen molar-refractivity contribution in [2.75, 3.05) is 54.9 Å². The van der Waals surface area contributed by atoms with E-state index in [4.69, 9.17) is 4.74 Å². The summed E-state index contributed by atoms with van der Waals surface area (Å²) < 4.78 is 39.6. The molecule has 5 aromatic rings. The summed E-state index contributed by atoms with van der Waals surface area (Å²) in [5.41, 5.74) is 2.50. The zero-order chi connectivity index (χ0) is 42.1. The van der Waals surface area contributed by atoms with Gasteiger partial charge in [-0.05, 0) is 99.5 Å². The quantitative estimate of drug-likeness (QED) is 0.179. The number of aromatic nitrogens is 4. The van der Waals surface area contributed by atoms with E-state index in [2.05, 4.69) is 30.5 Å². The molecule has 3 amide bonds. The number of carbonyl (C=O) groups is 2. The van der Waals surface area contributed by atoms with Crippen LogP contribution in [-0.4, -0.2) is 82.0 Å². The summed E-state index contributed by atoms with van der Waals surface area (Å²) in [4.78, 5) is 48.6. The van der Waals surface area contributed by atoms with E-state index in [1.54, 1.807) is 47.9 Å². The number of amides is 3. The van der Waals surface area contributed by atoms with Gasteiger partial charge >= 0.3 is 6.03 Å². The van der Waals surface area contributed by atoms with Crippen molar-refractivity contribution in [1.29, 1.82) is 5.26 Å². The lowest BCUT2D eigenvalue weighted by Gasteiger charge is -2.63. The number of nitriles is 1. The second-order valence-corrected chi connectivity index (χ2v) is 16.9. The summed E-state index contributed by atoms with van der Waals surface area (Å²) in [6.45, 7) is 7.85. The number of imide groups is 1. The Labute approximate surface area is 345 Å². The third kappa shape index (κ3) is 6.50. The van der Waals surface area contributed by atoms with Crippen LogP contribution in [0.3, 0.4) is 0 Å². The number of ether oxygens (including phenoxy) is 1. The fraction of sp³-hybridized carbons (Fsp3) is 0.455. The highest BCUT2D eigenvalue weighted by Gasteiger charge is 2.56. The van der Waals surface area contributed by atoms with Crippen LogP contribution >= 0.6 is 0 Å². The molecule has 3 aliphatic heterocycles. The average molecular weight is 819 g/mol. The smallest absolute Gasteiger partial charge is 0.329 e. The predicted molar refractivity (Wildman–Crippen MR) is 223 cm³/mol. The maximum Gasteiger partial charge on any atom is 0.329 e. The van der Waals surface area contributed by atoms with Crippen molar-refractivity contribution in [3.05, 3.63) is 76.3 Å². The largest absolute Gasteiger partial charge is 0.453 e. The maximum absolute atomic E-state index is 15.6. The maximum atomic E-state index is 15.6. The van der Waals surface area contributed by atoms with E-state index < -0.39 is 11.8 Å². The minimum Gasteiger partial charge on any atom is -0.453 e. The molecule has 0 atom stereocenters. The second kappa shape index (κ2) is 14.9. The van der Waals surface area contributed by atoms with Gasteiger partial charge in [0.2, 0.25) is 5.91 Å². The van der Waals surface area contributed by atoms with Crippen molar-refractivity contribution < 1.29 is 23.1 Å². The summed E-state index contributed by atoms with van der Waals surface area (Å²) in [6, 6.07) is 12.9. The molecule has 5 aliphatic rings. The number of carbonyl (C=O) groups excluding carboxylic acids is 2. The van der Waals surface area contributed by atoms with E-state index in [0.29, 0.717) is 39.5 Å². The number of rotatable bonds is 7. The number of hydrogen-bond acceptors (Lipinski definition) is 10. The first-order chi connectivity index (χ1) is 29.0. The van der Waals surface area contributed by atoms with Gasteiger partial charge in [-0.2, -0.15) is 10.4 Å². The molecule has 5 heterocycles. The lowest BCUT2D eigenvalue weighted by Crippen LogP contribution is -2.67. The number of hydrogen-bond donors (Lipinski definition) is 2. The lowest BCUT2D eigenvalue weighted by atomic mass is 9.57. The SMILES string of the molecule is CC.CNc1ccc(F)c(Oc2ccc3ncn(C4CC5(CCN(C6CC7(C6)CN(c6cc8c(cc6F)c(N6CCC(=O)NC6=O)nn8C)C7)CC5)C4)c(=O)c3c2)c1C#N. The van der Waals surface area contributed by atoms with Crippen LogP contribution in [0.2, 0.25) is 0 Å². The van der Waals surface area contributed by atoms with Gasteiger partial charge < -0.3 is 19.9 Å². The van der Waals surface area contributed by atoms with Crippen molar-refractivity contribution in [2.45, 2.75) is 70.9 Å². The molecule has 0 unspecified atom stereocenters. The van der Waals surface area contributed by atoms with Gasteiger partial charge in [0.1, 0.15) is 23.2 Å². The van der Waals surface area contributed by atoms with Crippen LogP contribution in [0.1, 0.15) is 70.4 Å². The number of urea groups is 1. The van der Waals surface area contributed by atoms with Gasteiger partial charge in [0.25, 0.3) is 5.56 Å². The fourth-order valence-corrected chi connectivity index (χ4v) is 10.3. The number of nitrogens with zero attached hydrogens (tertiary/aromatic N) is 8. The molecule has 60 heavy (non-hydrogen) atoms. The molecule has 16 heteroatoms. The van der Waals surface area contributed by atoms with Gasteiger partial charge in [-0.15, -0.1) is 0 Å². The van der Waals surface area contributed by atoms with E-state index in [-0.39, 0.29) is 64.2 Å². The number of fused-ring (bicyclic) bond motifs is 2. The number of anilines is 3. The molecule has 14 nitrogen and oxygen atoms in total. The normalized spacial score (nSPS) is 20.9. The number of halogens is 2. The Bertz CT molecular complexity index is 2640. The highest BCUT2D eigenvalue weighted by molar-refractivity contribution is 6.09. The van der Waals surface area contributed by atoms with Crippen LogP contribution in [0.25, 0.3) is 21.8 Å². The van der Waals surface area contributed by atoms with E-state index in [0.717, 1.165) is 70.2 Å². The lowest BCUT2D eigenvalue weighted by molar-refractivity contribution is -0.120. The summed E-state index contributed by atoms with van der Waals surface area (Å²) in [5.74, 6) is -0.958. The zero-order valence-corrected chi connectivity index (χ0v) is 34.2. The Balaban J connectivity index is 0.00000228. The first-order valence-corrected chi connectivity index (χ1v) is 20.8. The van der Waals surface area contributed by atoms with Gasteiger partial charge in [0, 0.05) is 63.0 Å². The summed E-state index contributed by atoms with van der Waals surface area (Å²) in [5, 5.41) is 20.3. The van der Waals surface area contributed by atoms with E-state index in [1.807, 2.05) is 26.0 Å². The van der Waals surface area contributed by atoms with Crippen LogP contribution in [0.4, 0.5) is 30.8 Å². The van der Waals surface area contributed by atoms with Crippen LogP contribution in [0.5, 0.6) is 11.5 Å². The minimum absolute atomic E-state index is 0.0415. The van der Waals surface area contributed by atoms with Crippen molar-refractivity contribution in [3.8, 4) is 17.6 Å². The number of benzene rings is 3. The van der Waals surface area contributed by atoms with Crippen molar-refractivity contribution in [1.82, 2.24) is 29.5 Å². The summed E-state index contributed by atoms with van der Waals surface area (Å²) in [7, 11) is 3.42. The van der Waals surface area contributed by atoms with Gasteiger partial charge in [0.05, 0.1) is 34.1 Å². The molecule has 0 radical (unpaired) electrons. The van der Waals surface area contributed by atoms with E-state index in [1.165, 1.54) is 23.1 Å². The monoisotopic (exact) mass is 818 g/mol. The molecule has 10 rings (SSSR count). The first-order valence-electron chi connectivity index (χ1n) is 20.8. The molecule has 2 aliphatic carbocycles. The molecule has 2 spiro atoms. The Hall–Kier alpha value is -6.08. The molecular formula is C44H48F2N10O4. The molecule has 2 N–H and O–H groups in total. The number of likely N-dealkylation sites (tertiary alicyclic amines) is 1. The molecule has 3 aromatic carbocycles. The second-order valence-electron chi connectivity index (χ2n) is 16.9. The Morgan fingerprint density at radius 1 is 0.917 bits per heavy atom. The van der Waals surface area contributed by atoms with E-state index >= 15 is 4.39 Å². The fourth-order valence-electron chi connectivity index (χ4n) is 10.3. The van der Waals surface area contributed by atoms with Crippen molar-refractivity contribution in [3.63, 3.8) is 0 Å². The van der Waals surface area contributed by atoms with Crippen LogP contribution in [0, 0.1) is 33.8 Å². The molecule has 5 fully saturated rings. The minimum atomic E-state index is -0.673. The van der Waals surface area contributed by atoms with E-state index in [9.17, 15) is 24.0 Å². The van der Waals surface area contributed by atoms with Crippen molar-refractivity contribution in [2.24, 2.45) is 17.9 Å². The van der Waals surface area contributed by atoms with Gasteiger partial charge in [-0.25, -0.2) is 18.6 Å². The Morgan fingerprint density at radius 3 is 2.35 bits per heavy atom. The van der Waals surface area contributed by atoms with Crippen molar-refractivity contribution >= 4 is 50.9 Å². The summed E-state index contributed by atoms with van der Waals surface area (Å²) >= 11 is 0. The number of aryl methyl sites for hydroxylation is 1. The standard InChI is InChI=1S/C42H42F2N10O4.C2H6/c1-46-32-6-4-30(43)37(29(32)20-45)58-26-3-5-33-27(13-26)39(56)54(23-47-33)25-18-41(19-25)8-11-51(12-9-41)24-16-42(17-24)21-52(22-42)35-15-34-28(14-31(35)44)38(49-50(34)2)53-10-7-36(55)48-40(53)57;1-2/h3-6,13-15,23-25,46H,7-12,16-19,21-22H2,1-2H3,(H,48,55,57);1-2H3. The van der Waals surface area contributed by atoms with Gasteiger partial charge in [0.15, 0.2) is 17.4 Å². The van der Waals surface area contributed by atoms with Crippen LogP contribution in [0.15, 0.2) is 53.6 Å². The molecule has 3 saturated heterocycles. The average Bonchev–Trinajstić information content (AvgIpc) is 3.52. The molecule has 312 valence electrons. The molecular weight excluding hydrogens is 771 g/mol. The van der Waals surface area contributed by atoms with Crippen LogP contribution in [-0.2, 0) is 11.8 Å². The molecule has 0 bridgehead atoms. The molecule has 2 aromatic heterocycles. The third-order valence-electron chi connectivity index (χ3n) is 13.5. The highest BCUT2D eigenvalue weighted by atomic mass is 19.1.